The molecule has 0 unspecified atom stereocenters. The second kappa shape index (κ2) is 6.49. The summed E-state index contributed by atoms with van der Waals surface area (Å²) in [6.45, 7) is 2.15. The van der Waals surface area contributed by atoms with E-state index in [2.05, 4.69) is 36.1 Å². The molecule has 4 rings (SSSR count). The van der Waals surface area contributed by atoms with E-state index >= 15 is 0 Å². The van der Waals surface area contributed by atoms with Crippen LogP contribution in [0, 0.1) is 0 Å². The molecule has 2 aromatic heterocycles. The van der Waals surface area contributed by atoms with Crippen LogP contribution in [-0.4, -0.2) is 29.0 Å². The molecule has 3 heterocycles. The average Bonchev–Trinajstić information content (AvgIpc) is 3.23. The topological polar surface area (TPSA) is 58.1 Å². The molecule has 0 spiro atoms. The SMILES string of the molecule is O=C(Nc1ccnc(Br)c1)c1ccc2nc(N3CCCC3)sc2c1. The number of aromatic nitrogens is 2. The molecule has 24 heavy (non-hydrogen) atoms. The van der Waals surface area contributed by atoms with Gasteiger partial charge in [0.05, 0.1) is 10.2 Å². The highest BCUT2D eigenvalue weighted by Gasteiger charge is 2.17. The van der Waals surface area contributed by atoms with Crippen molar-refractivity contribution in [3.05, 3.63) is 46.7 Å². The van der Waals surface area contributed by atoms with Crippen LogP contribution in [0.5, 0.6) is 0 Å². The minimum Gasteiger partial charge on any atom is -0.348 e. The van der Waals surface area contributed by atoms with E-state index in [-0.39, 0.29) is 5.91 Å². The zero-order valence-electron chi connectivity index (χ0n) is 12.8. The Kier molecular flexibility index (Phi) is 4.20. The Morgan fingerprint density at radius 1 is 1.21 bits per heavy atom. The fourth-order valence-electron chi connectivity index (χ4n) is 2.78. The predicted molar refractivity (Wildman–Crippen MR) is 101 cm³/mol. The van der Waals surface area contributed by atoms with Crippen LogP contribution < -0.4 is 10.2 Å². The normalized spacial score (nSPS) is 14.3. The Labute approximate surface area is 151 Å². The lowest BCUT2D eigenvalue weighted by atomic mass is 10.2. The van der Waals surface area contributed by atoms with Crippen LogP contribution in [0.3, 0.4) is 0 Å². The molecule has 1 aliphatic rings. The first-order valence-corrected chi connectivity index (χ1v) is 9.38. The van der Waals surface area contributed by atoms with Gasteiger partial charge in [0.25, 0.3) is 5.91 Å². The summed E-state index contributed by atoms with van der Waals surface area (Å²) >= 11 is 4.95. The number of rotatable bonds is 3. The van der Waals surface area contributed by atoms with Gasteiger partial charge in [-0.25, -0.2) is 9.97 Å². The second-order valence-corrected chi connectivity index (χ2v) is 7.52. The molecule has 1 saturated heterocycles. The van der Waals surface area contributed by atoms with Crippen molar-refractivity contribution in [1.82, 2.24) is 9.97 Å². The van der Waals surface area contributed by atoms with E-state index in [9.17, 15) is 4.79 Å². The molecule has 0 aliphatic carbocycles. The number of benzene rings is 1. The zero-order chi connectivity index (χ0) is 16.5. The minimum absolute atomic E-state index is 0.133. The zero-order valence-corrected chi connectivity index (χ0v) is 15.2. The maximum atomic E-state index is 12.5. The van der Waals surface area contributed by atoms with Crippen molar-refractivity contribution in [3.63, 3.8) is 0 Å². The number of thiazole rings is 1. The van der Waals surface area contributed by atoms with Gasteiger partial charge in [-0.05, 0) is 59.1 Å². The van der Waals surface area contributed by atoms with Crippen LogP contribution in [0.25, 0.3) is 10.2 Å². The standard InChI is InChI=1S/C17H15BrN4OS/c18-15-10-12(5-6-19-15)20-16(23)11-3-4-13-14(9-11)24-17(21-13)22-7-1-2-8-22/h3-6,9-10H,1-2,7-8H2,(H,19,20,23). The summed E-state index contributed by atoms with van der Waals surface area (Å²) < 4.78 is 1.73. The summed E-state index contributed by atoms with van der Waals surface area (Å²) in [5.74, 6) is -0.133. The van der Waals surface area contributed by atoms with Gasteiger partial charge in [0, 0.05) is 30.5 Å². The lowest BCUT2D eigenvalue weighted by molar-refractivity contribution is 0.102. The molecule has 0 atom stereocenters. The van der Waals surface area contributed by atoms with Crippen LogP contribution in [-0.2, 0) is 0 Å². The van der Waals surface area contributed by atoms with E-state index in [0.717, 1.165) is 28.4 Å². The molecular formula is C17H15BrN4OS. The third-order valence-electron chi connectivity index (χ3n) is 4.00. The smallest absolute Gasteiger partial charge is 0.255 e. The molecule has 1 amide bonds. The number of pyridine rings is 1. The number of fused-ring (bicyclic) bond motifs is 1. The minimum atomic E-state index is -0.133. The monoisotopic (exact) mass is 402 g/mol. The number of carbonyl (C=O) groups excluding carboxylic acids is 1. The Morgan fingerprint density at radius 3 is 2.83 bits per heavy atom. The number of hydrogen-bond donors (Lipinski definition) is 1. The van der Waals surface area contributed by atoms with Crippen molar-refractivity contribution in [2.45, 2.75) is 12.8 Å². The van der Waals surface area contributed by atoms with Gasteiger partial charge >= 0.3 is 0 Å². The number of amides is 1. The van der Waals surface area contributed by atoms with Gasteiger partial charge in [-0.3, -0.25) is 4.79 Å². The van der Waals surface area contributed by atoms with Crippen LogP contribution >= 0.6 is 27.3 Å². The van der Waals surface area contributed by atoms with Crippen molar-refractivity contribution in [3.8, 4) is 0 Å². The van der Waals surface area contributed by atoms with Crippen LogP contribution in [0.1, 0.15) is 23.2 Å². The van der Waals surface area contributed by atoms with Crippen LogP contribution in [0.4, 0.5) is 10.8 Å². The summed E-state index contributed by atoms with van der Waals surface area (Å²) in [4.78, 5) is 23.5. The molecule has 0 radical (unpaired) electrons. The maximum absolute atomic E-state index is 12.5. The first-order chi connectivity index (χ1) is 11.7. The fourth-order valence-corrected chi connectivity index (χ4v) is 4.20. The number of halogens is 1. The molecule has 1 fully saturated rings. The Morgan fingerprint density at radius 2 is 2.04 bits per heavy atom. The molecule has 1 N–H and O–H groups in total. The highest BCUT2D eigenvalue weighted by atomic mass is 79.9. The highest BCUT2D eigenvalue weighted by molar-refractivity contribution is 9.10. The van der Waals surface area contributed by atoms with Crippen LogP contribution in [0.2, 0.25) is 0 Å². The van der Waals surface area contributed by atoms with Gasteiger partial charge in [-0.1, -0.05) is 11.3 Å². The number of carbonyl (C=O) groups is 1. The number of hydrogen-bond acceptors (Lipinski definition) is 5. The van der Waals surface area contributed by atoms with Crippen molar-refractivity contribution in [2.75, 3.05) is 23.3 Å². The second-order valence-electron chi connectivity index (χ2n) is 5.69. The Bertz CT molecular complexity index is 904. The Balaban J connectivity index is 1.58. The third kappa shape index (κ3) is 3.14. The van der Waals surface area contributed by atoms with Gasteiger partial charge in [-0.15, -0.1) is 0 Å². The van der Waals surface area contributed by atoms with E-state index in [1.54, 1.807) is 29.7 Å². The molecule has 0 bridgehead atoms. The summed E-state index contributed by atoms with van der Waals surface area (Å²) in [7, 11) is 0. The first kappa shape index (κ1) is 15.5. The summed E-state index contributed by atoms with van der Waals surface area (Å²) in [5, 5.41) is 3.94. The van der Waals surface area contributed by atoms with Crippen molar-refractivity contribution in [2.24, 2.45) is 0 Å². The van der Waals surface area contributed by atoms with Gasteiger partial charge in [-0.2, -0.15) is 0 Å². The van der Waals surface area contributed by atoms with E-state index in [4.69, 9.17) is 0 Å². The fraction of sp³-hybridized carbons (Fsp3) is 0.235. The summed E-state index contributed by atoms with van der Waals surface area (Å²) in [5.41, 5.74) is 2.29. The number of anilines is 2. The van der Waals surface area contributed by atoms with Crippen molar-refractivity contribution in [1.29, 1.82) is 0 Å². The average molecular weight is 403 g/mol. The van der Waals surface area contributed by atoms with Crippen molar-refractivity contribution < 1.29 is 4.79 Å². The molecule has 0 saturated carbocycles. The molecular weight excluding hydrogens is 388 g/mol. The molecule has 122 valence electrons. The van der Waals surface area contributed by atoms with E-state index < -0.39 is 0 Å². The van der Waals surface area contributed by atoms with Crippen molar-refractivity contribution >= 4 is 54.2 Å². The van der Waals surface area contributed by atoms with Gasteiger partial charge < -0.3 is 10.2 Å². The summed E-state index contributed by atoms with van der Waals surface area (Å²) in [6, 6.07) is 9.19. The van der Waals surface area contributed by atoms with Gasteiger partial charge in [0.1, 0.15) is 4.60 Å². The largest absolute Gasteiger partial charge is 0.348 e. The lowest BCUT2D eigenvalue weighted by Gasteiger charge is -2.11. The number of nitrogens with one attached hydrogen (secondary N) is 1. The van der Waals surface area contributed by atoms with Gasteiger partial charge in [0.2, 0.25) is 0 Å². The van der Waals surface area contributed by atoms with E-state index in [1.165, 1.54) is 12.8 Å². The number of nitrogens with zero attached hydrogens (tertiary/aromatic N) is 3. The quantitative estimate of drug-likeness (QED) is 0.663. The summed E-state index contributed by atoms with van der Waals surface area (Å²) in [6.07, 6.45) is 4.10. The molecule has 5 nitrogen and oxygen atoms in total. The molecule has 3 aromatic rings. The molecule has 7 heteroatoms. The third-order valence-corrected chi connectivity index (χ3v) is 5.51. The van der Waals surface area contributed by atoms with E-state index in [0.29, 0.717) is 15.9 Å². The molecule has 1 aliphatic heterocycles. The lowest BCUT2D eigenvalue weighted by Crippen LogP contribution is -2.16. The van der Waals surface area contributed by atoms with Gasteiger partial charge in [0.15, 0.2) is 5.13 Å². The first-order valence-electron chi connectivity index (χ1n) is 7.77. The molecule has 1 aromatic carbocycles. The predicted octanol–water partition coefficient (Wildman–Crippen LogP) is 4.31. The maximum Gasteiger partial charge on any atom is 0.255 e. The Hall–Kier alpha value is -1.99. The van der Waals surface area contributed by atoms with Crippen LogP contribution in [0.15, 0.2) is 41.1 Å². The highest BCUT2D eigenvalue weighted by Crippen LogP contribution is 2.31. The van der Waals surface area contributed by atoms with E-state index in [1.807, 2.05) is 18.2 Å².